The second kappa shape index (κ2) is 5.78. The fourth-order valence-corrected chi connectivity index (χ4v) is 4.49. The average Bonchev–Trinajstić information content (AvgIpc) is 2.86. The molecule has 1 heterocycles. The number of fused-ring (bicyclic) bond motifs is 1. The van der Waals surface area contributed by atoms with Crippen LogP contribution in [0.2, 0.25) is 0 Å². The van der Waals surface area contributed by atoms with Gasteiger partial charge in [0.25, 0.3) is 0 Å². The van der Waals surface area contributed by atoms with Crippen LogP contribution in [-0.4, -0.2) is 0 Å². The van der Waals surface area contributed by atoms with Crippen LogP contribution in [0.25, 0.3) is 0 Å². The van der Waals surface area contributed by atoms with Crippen LogP contribution in [0.1, 0.15) is 47.2 Å². The molecule has 2 N–H and O–H groups in total. The van der Waals surface area contributed by atoms with Gasteiger partial charge in [0.1, 0.15) is 0 Å². The maximum absolute atomic E-state index is 6.39. The predicted octanol–water partition coefficient (Wildman–Crippen LogP) is 5.02. The molecule has 3 rings (SSSR count). The van der Waals surface area contributed by atoms with Gasteiger partial charge in [0.05, 0.1) is 3.79 Å². The number of halogens is 1. The van der Waals surface area contributed by atoms with Gasteiger partial charge in [0.15, 0.2) is 0 Å². The Labute approximate surface area is 127 Å². The molecule has 0 bridgehead atoms. The van der Waals surface area contributed by atoms with Crippen molar-refractivity contribution in [3.05, 3.63) is 56.2 Å². The number of nitrogens with two attached hydrogens (primary N) is 1. The summed E-state index contributed by atoms with van der Waals surface area (Å²) in [5, 5.41) is 0. The zero-order valence-corrected chi connectivity index (χ0v) is 13.2. The van der Waals surface area contributed by atoms with E-state index in [1.54, 1.807) is 11.3 Å². The van der Waals surface area contributed by atoms with Crippen LogP contribution in [0.4, 0.5) is 0 Å². The molecule has 19 heavy (non-hydrogen) atoms. The fraction of sp³-hybridized carbons (Fsp3) is 0.375. The first kappa shape index (κ1) is 13.3. The lowest BCUT2D eigenvalue weighted by Crippen LogP contribution is -2.17. The van der Waals surface area contributed by atoms with Crippen LogP contribution in [-0.2, 0) is 6.42 Å². The topological polar surface area (TPSA) is 26.0 Å². The predicted molar refractivity (Wildman–Crippen MR) is 85.7 cm³/mol. The normalized spacial score (nSPS) is 20.0. The standard InChI is InChI=1S/C16H18BrNS/c17-16-9-8-15(19-16)14(18)10-12-6-3-5-11-4-1-2-7-13(11)12/h1-2,4,7-9,12,14H,3,5-6,10,18H2. The molecule has 2 atom stereocenters. The smallest absolute Gasteiger partial charge is 0.0701 e. The Morgan fingerprint density at radius 2 is 2.11 bits per heavy atom. The third kappa shape index (κ3) is 2.93. The Kier molecular flexibility index (Phi) is 4.06. The Morgan fingerprint density at radius 3 is 2.89 bits per heavy atom. The number of benzene rings is 1. The van der Waals surface area contributed by atoms with Crippen molar-refractivity contribution in [1.82, 2.24) is 0 Å². The minimum Gasteiger partial charge on any atom is -0.323 e. The maximum Gasteiger partial charge on any atom is 0.0701 e. The summed E-state index contributed by atoms with van der Waals surface area (Å²) in [6.45, 7) is 0. The average molecular weight is 336 g/mol. The lowest BCUT2D eigenvalue weighted by molar-refractivity contribution is 0.479. The molecular formula is C16H18BrNS. The van der Waals surface area contributed by atoms with Gasteiger partial charge in [-0.05, 0) is 70.8 Å². The molecule has 0 saturated heterocycles. The molecule has 0 amide bonds. The number of hydrogen-bond donors (Lipinski definition) is 1. The van der Waals surface area contributed by atoms with E-state index in [1.807, 2.05) is 0 Å². The van der Waals surface area contributed by atoms with Gasteiger partial charge >= 0.3 is 0 Å². The molecule has 0 spiro atoms. The van der Waals surface area contributed by atoms with Crippen LogP contribution >= 0.6 is 27.3 Å². The summed E-state index contributed by atoms with van der Waals surface area (Å²) in [5.41, 5.74) is 9.44. The van der Waals surface area contributed by atoms with Crippen LogP contribution in [0, 0.1) is 0 Å². The van der Waals surface area contributed by atoms with E-state index in [-0.39, 0.29) is 6.04 Å². The van der Waals surface area contributed by atoms with Crippen molar-refractivity contribution in [3.63, 3.8) is 0 Å². The zero-order valence-electron chi connectivity index (χ0n) is 10.8. The summed E-state index contributed by atoms with van der Waals surface area (Å²) in [6.07, 6.45) is 4.86. The van der Waals surface area contributed by atoms with Crippen LogP contribution in [0.3, 0.4) is 0 Å². The minimum absolute atomic E-state index is 0.160. The van der Waals surface area contributed by atoms with E-state index in [0.717, 1.165) is 6.42 Å². The molecule has 1 aliphatic rings. The molecule has 100 valence electrons. The summed E-state index contributed by atoms with van der Waals surface area (Å²) in [6, 6.07) is 13.3. The fourth-order valence-electron chi connectivity index (χ4n) is 3.05. The van der Waals surface area contributed by atoms with Crippen molar-refractivity contribution in [1.29, 1.82) is 0 Å². The Bertz CT molecular complexity index is 563. The quantitative estimate of drug-likeness (QED) is 0.837. The molecule has 0 saturated carbocycles. The molecule has 0 aliphatic heterocycles. The van der Waals surface area contributed by atoms with E-state index < -0.39 is 0 Å². The first-order valence-electron chi connectivity index (χ1n) is 6.82. The summed E-state index contributed by atoms with van der Waals surface area (Å²) >= 11 is 5.27. The molecule has 0 radical (unpaired) electrons. The van der Waals surface area contributed by atoms with Crippen molar-refractivity contribution in [3.8, 4) is 0 Å². The van der Waals surface area contributed by atoms with Gasteiger partial charge in [-0.25, -0.2) is 0 Å². The lowest BCUT2D eigenvalue weighted by atomic mass is 9.79. The Hall–Kier alpha value is -0.640. The third-order valence-electron chi connectivity index (χ3n) is 3.99. The first-order valence-corrected chi connectivity index (χ1v) is 8.43. The first-order chi connectivity index (χ1) is 9.24. The van der Waals surface area contributed by atoms with Crippen molar-refractivity contribution in [2.45, 2.75) is 37.6 Å². The molecule has 2 unspecified atom stereocenters. The molecular weight excluding hydrogens is 318 g/mol. The summed E-state index contributed by atoms with van der Waals surface area (Å²) in [7, 11) is 0. The summed E-state index contributed by atoms with van der Waals surface area (Å²) < 4.78 is 1.17. The van der Waals surface area contributed by atoms with Gasteiger partial charge in [-0.15, -0.1) is 11.3 Å². The van der Waals surface area contributed by atoms with Crippen molar-refractivity contribution >= 4 is 27.3 Å². The SMILES string of the molecule is NC(CC1CCCc2ccccc21)c1ccc(Br)s1. The zero-order chi connectivity index (χ0) is 13.2. The van der Waals surface area contributed by atoms with E-state index >= 15 is 0 Å². The Morgan fingerprint density at radius 1 is 1.26 bits per heavy atom. The largest absolute Gasteiger partial charge is 0.323 e. The van der Waals surface area contributed by atoms with E-state index in [0.29, 0.717) is 5.92 Å². The molecule has 1 aliphatic carbocycles. The number of hydrogen-bond acceptors (Lipinski definition) is 2. The Balaban J connectivity index is 1.77. The molecule has 1 nitrogen and oxygen atoms in total. The van der Waals surface area contributed by atoms with Gasteiger partial charge in [0, 0.05) is 10.9 Å². The van der Waals surface area contributed by atoms with Gasteiger partial charge in [-0.1, -0.05) is 24.3 Å². The molecule has 0 fully saturated rings. The molecule has 3 heteroatoms. The highest BCUT2D eigenvalue weighted by molar-refractivity contribution is 9.11. The molecule has 1 aromatic carbocycles. The van der Waals surface area contributed by atoms with E-state index in [4.69, 9.17) is 5.73 Å². The highest BCUT2D eigenvalue weighted by atomic mass is 79.9. The van der Waals surface area contributed by atoms with Crippen LogP contribution in [0.5, 0.6) is 0 Å². The van der Waals surface area contributed by atoms with E-state index in [1.165, 1.54) is 39.1 Å². The molecule has 1 aromatic heterocycles. The van der Waals surface area contributed by atoms with E-state index in [2.05, 4.69) is 52.3 Å². The second-order valence-corrected chi connectivity index (χ2v) is 7.77. The molecule has 2 aromatic rings. The lowest BCUT2D eigenvalue weighted by Gasteiger charge is -2.27. The highest BCUT2D eigenvalue weighted by Crippen LogP contribution is 2.38. The van der Waals surface area contributed by atoms with Crippen molar-refractivity contribution in [2.75, 3.05) is 0 Å². The summed E-state index contributed by atoms with van der Waals surface area (Å²) in [4.78, 5) is 1.29. The number of rotatable bonds is 3. The van der Waals surface area contributed by atoms with Crippen LogP contribution < -0.4 is 5.73 Å². The maximum atomic E-state index is 6.39. The van der Waals surface area contributed by atoms with E-state index in [9.17, 15) is 0 Å². The van der Waals surface area contributed by atoms with Gasteiger partial charge in [-0.2, -0.15) is 0 Å². The number of aryl methyl sites for hydroxylation is 1. The number of thiophene rings is 1. The van der Waals surface area contributed by atoms with Crippen LogP contribution in [0.15, 0.2) is 40.2 Å². The van der Waals surface area contributed by atoms with Gasteiger partial charge in [-0.3, -0.25) is 0 Å². The van der Waals surface area contributed by atoms with Crippen molar-refractivity contribution < 1.29 is 0 Å². The highest BCUT2D eigenvalue weighted by Gasteiger charge is 2.22. The third-order valence-corrected chi connectivity index (χ3v) is 5.75. The minimum atomic E-state index is 0.160. The van der Waals surface area contributed by atoms with Crippen molar-refractivity contribution in [2.24, 2.45) is 5.73 Å². The summed E-state index contributed by atoms with van der Waals surface area (Å²) in [5.74, 6) is 0.626. The van der Waals surface area contributed by atoms with Gasteiger partial charge < -0.3 is 5.73 Å². The second-order valence-electron chi connectivity index (χ2n) is 5.27. The monoisotopic (exact) mass is 335 g/mol. The van der Waals surface area contributed by atoms with Gasteiger partial charge in [0.2, 0.25) is 0 Å².